The molecule has 4 aromatic rings. The highest BCUT2D eigenvalue weighted by Crippen LogP contribution is 2.31. The highest BCUT2D eigenvalue weighted by atomic mass is 16.5. The molecule has 0 aliphatic heterocycles. The van der Waals surface area contributed by atoms with Gasteiger partial charge < -0.3 is 14.8 Å². The number of rotatable bonds is 7. The monoisotopic (exact) mass is 417 g/mol. The van der Waals surface area contributed by atoms with Crippen LogP contribution in [0.3, 0.4) is 0 Å². The third-order valence-corrected chi connectivity index (χ3v) is 4.88. The Labute approximate surface area is 180 Å². The van der Waals surface area contributed by atoms with E-state index in [-0.39, 0.29) is 5.91 Å². The van der Waals surface area contributed by atoms with Crippen molar-refractivity contribution in [3.8, 4) is 17.2 Å². The molecule has 2 heterocycles. The number of methoxy groups -OCH3 is 2. The standard InChI is InChI=1S/C23H23N5O3/c1-16-14-19(26-28(16)18-9-5-4-6-10-18)23(29)25-21-12-13-24-27(21)15-17-8-7-11-20(30-2)22(17)31-3/h4-14H,15H2,1-3H3,(H,25,29). The van der Waals surface area contributed by atoms with Crippen LogP contribution in [0.5, 0.6) is 11.5 Å². The fourth-order valence-corrected chi connectivity index (χ4v) is 3.40. The zero-order valence-corrected chi connectivity index (χ0v) is 17.6. The lowest BCUT2D eigenvalue weighted by atomic mass is 10.2. The van der Waals surface area contributed by atoms with Crippen LogP contribution >= 0.6 is 0 Å². The maximum Gasteiger partial charge on any atom is 0.277 e. The predicted octanol–water partition coefficient (Wildman–Crippen LogP) is 3.70. The molecule has 8 heteroatoms. The van der Waals surface area contributed by atoms with Crippen LogP contribution in [0.4, 0.5) is 5.82 Å². The summed E-state index contributed by atoms with van der Waals surface area (Å²) in [5.41, 5.74) is 2.97. The van der Waals surface area contributed by atoms with Crippen LogP contribution in [0, 0.1) is 6.92 Å². The Balaban J connectivity index is 1.55. The molecule has 0 spiro atoms. The fourth-order valence-electron chi connectivity index (χ4n) is 3.40. The summed E-state index contributed by atoms with van der Waals surface area (Å²) in [7, 11) is 3.19. The first kappa shape index (κ1) is 20.2. The first-order valence-corrected chi connectivity index (χ1v) is 9.76. The van der Waals surface area contributed by atoms with Gasteiger partial charge in [-0.05, 0) is 31.2 Å². The Morgan fingerprint density at radius 2 is 1.84 bits per heavy atom. The van der Waals surface area contributed by atoms with Gasteiger partial charge in [0.15, 0.2) is 17.2 Å². The minimum Gasteiger partial charge on any atom is -0.493 e. The SMILES string of the molecule is COc1cccc(Cn2nccc2NC(=O)c2cc(C)n(-c3ccccc3)n2)c1OC. The molecule has 1 N–H and O–H groups in total. The molecular weight excluding hydrogens is 394 g/mol. The van der Waals surface area contributed by atoms with E-state index >= 15 is 0 Å². The number of anilines is 1. The van der Waals surface area contributed by atoms with Crippen LogP contribution in [0.25, 0.3) is 5.69 Å². The van der Waals surface area contributed by atoms with E-state index in [0.717, 1.165) is 16.9 Å². The molecule has 0 fully saturated rings. The quantitative estimate of drug-likeness (QED) is 0.496. The molecule has 0 radical (unpaired) electrons. The number of hydrogen-bond acceptors (Lipinski definition) is 5. The molecular formula is C23H23N5O3. The first-order valence-electron chi connectivity index (χ1n) is 9.76. The average Bonchev–Trinajstić information content (AvgIpc) is 3.40. The molecule has 0 atom stereocenters. The van der Waals surface area contributed by atoms with Crippen LogP contribution < -0.4 is 14.8 Å². The Hall–Kier alpha value is -4.07. The van der Waals surface area contributed by atoms with E-state index < -0.39 is 0 Å². The van der Waals surface area contributed by atoms with Gasteiger partial charge in [0.05, 0.1) is 32.6 Å². The number of hydrogen-bond donors (Lipinski definition) is 1. The number of ether oxygens (including phenoxy) is 2. The molecule has 0 aliphatic carbocycles. The summed E-state index contributed by atoms with van der Waals surface area (Å²) < 4.78 is 14.3. The van der Waals surface area contributed by atoms with Gasteiger partial charge in [-0.1, -0.05) is 30.3 Å². The van der Waals surface area contributed by atoms with Crippen molar-refractivity contribution in [2.75, 3.05) is 19.5 Å². The zero-order valence-electron chi connectivity index (χ0n) is 17.6. The van der Waals surface area contributed by atoms with Crippen molar-refractivity contribution < 1.29 is 14.3 Å². The number of aryl methyl sites for hydroxylation is 1. The van der Waals surface area contributed by atoms with Gasteiger partial charge in [0.25, 0.3) is 5.91 Å². The number of carbonyl (C=O) groups is 1. The number of nitrogens with zero attached hydrogens (tertiary/aromatic N) is 4. The second-order valence-electron chi connectivity index (χ2n) is 6.90. The molecule has 0 saturated heterocycles. The van der Waals surface area contributed by atoms with E-state index in [4.69, 9.17) is 9.47 Å². The summed E-state index contributed by atoms with van der Waals surface area (Å²) in [6.45, 7) is 2.32. The lowest BCUT2D eigenvalue weighted by Crippen LogP contribution is -2.17. The fraction of sp³-hybridized carbons (Fsp3) is 0.174. The van der Waals surface area contributed by atoms with Gasteiger partial charge in [-0.3, -0.25) is 4.79 Å². The molecule has 2 aromatic carbocycles. The lowest BCUT2D eigenvalue weighted by Gasteiger charge is -2.14. The van der Waals surface area contributed by atoms with E-state index in [9.17, 15) is 4.79 Å². The van der Waals surface area contributed by atoms with Crippen molar-refractivity contribution in [3.63, 3.8) is 0 Å². The van der Waals surface area contributed by atoms with Gasteiger partial charge in [-0.25, -0.2) is 9.36 Å². The van der Waals surface area contributed by atoms with E-state index in [2.05, 4.69) is 15.5 Å². The smallest absolute Gasteiger partial charge is 0.277 e. The van der Waals surface area contributed by atoms with Crippen molar-refractivity contribution in [2.24, 2.45) is 0 Å². The molecule has 4 rings (SSSR count). The summed E-state index contributed by atoms with van der Waals surface area (Å²) >= 11 is 0. The van der Waals surface area contributed by atoms with Gasteiger partial charge in [0.1, 0.15) is 5.82 Å². The zero-order chi connectivity index (χ0) is 21.8. The summed E-state index contributed by atoms with van der Waals surface area (Å²) in [4.78, 5) is 12.9. The van der Waals surface area contributed by atoms with Crippen molar-refractivity contribution >= 4 is 11.7 Å². The topological polar surface area (TPSA) is 83.2 Å². The van der Waals surface area contributed by atoms with Gasteiger partial charge in [-0.2, -0.15) is 10.2 Å². The molecule has 158 valence electrons. The Morgan fingerprint density at radius 1 is 1.03 bits per heavy atom. The number of carbonyl (C=O) groups excluding carboxylic acids is 1. The van der Waals surface area contributed by atoms with E-state index in [1.807, 2.05) is 55.5 Å². The van der Waals surface area contributed by atoms with E-state index in [1.54, 1.807) is 41.9 Å². The van der Waals surface area contributed by atoms with Gasteiger partial charge in [0, 0.05) is 17.3 Å². The molecule has 8 nitrogen and oxygen atoms in total. The van der Waals surface area contributed by atoms with Crippen LogP contribution in [0.15, 0.2) is 66.9 Å². The molecule has 0 unspecified atom stereocenters. The van der Waals surface area contributed by atoms with Gasteiger partial charge in [-0.15, -0.1) is 0 Å². The maximum atomic E-state index is 12.9. The van der Waals surface area contributed by atoms with Crippen molar-refractivity contribution in [2.45, 2.75) is 13.5 Å². The number of aromatic nitrogens is 4. The van der Waals surface area contributed by atoms with Crippen molar-refractivity contribution in [3.05, 3.63) is 83.8 Å². The molecule has 0 bridgehead atoms. The summed E-state index contributed by atoms with van der Waals surface area (Å²) in [6, 6.07) is 18.8. The van der Waals surface area contributed by atoms with Crippen LogP contribution in [-0.2, 0) is 6.54 Å². The molecule has 31 heavy (non-hydrogen) atoms. The van der Waals surface area contributed by atoms with Crippen LogP contribution in [-0.4, -0.2) is 39.7 Å². The highest BCUT2D eigenvalue weighted by Gasteiger charge is 2.17. The third-order valence-electron chi connectivity index (χ3n) is 4.88. The van der Waals surface area contributed by atoms with Gasteiger partial charge in [0.2, 0.25) is 0 Å². The third kappa shape index (κ3) is 4.13. The molecule has 2 aromatic heterocycles. The van der Waals surface area contributed by atoms with Crippen LogP contribution in [0.1, 0.15) is 21.7 Å². The van der Waals surface area contributed by atoms with Crippen LogP contribution in [0.2, 0.25) is 0 Å². The second-order valence-corrected chi connectivity index (χ2v) is 6.90. The van der Waals surface area contributed by atoms with Gasteiger partial charge >= 0.3 is 0 Å². The Morgan fingerprint density at radius 3 is 2.58 bits per heavy atom. The minimum absolute atomic E-state index is 0.308. The first-order chi connectivity index (χ1) is 15.1. The largest absolute Gasteiger partial charge is 0.493 e. The number of para-hydroxylation sites is 2. The number of nitrogens with one attached hydrogen (secondary N) is 1. The molecule has 0 saturated carbocycles. The molecule has 0 aliphatic rings. The predicted molar refractivity (Wildman–Crippen MR) is 117 cm³/mol. The van der Waals surface area contributed by atoms with E-state index in [0.29, 0.717) is 29.6 Å². The Bertz CT molecular complexity index is 1200. The Kier molecular flexibility index (Phi) is 5.70. The summed E-state index contributed by atoms with van der Waals surface area (Å²) in [5.74, 6) is 1.52. The molecule has 1 amide bonds. The van der Waals surface area contributed by atoms with Crippen molar-refractivity contribution in [1.29, 1.82) is 0 Å². The minimum atomic E-state index is -0.308. The summed E-state index contributed by atoms with van der Waals surface area (Å²) in [6.07, 6.45) is 1.64. The lowest BCUT2D eigenvalue weighted by molar-refractivity contribution is 0.102. The van der Waals surface area contributed by atoms with E-state index in [1.165, 1.54) is 0 Å². The average molecular weight is 417 g/mol. The number of benzene rings is 2. The maximum absolute atomic E-state index is 12.9. The normalized spacial score (nSPS) is 10.7. The van der Waals surface area contributed by atoms with Crippen molar-refractivity contribution in [1.82, 2.24) is 19.6 Å². The number of amides is 1. The highest BCUT2D eigenvalue weighted by molar-refractivity contribution is 6.02. The second kappa shape index (κ2) is 8.74. The summed E-state index contributed by atoms with van der Waals surface area (Å²) in [5, 5.41) is 11.7.